The molecule has 2 N–H and O–H groups in total. The number of hydrogen-bond donors (Lipinski definition) is 2. The van der Waals surface area contributed by atoms with Gasteiger partial charge in [0.1, 0.15) is 11.6 Å². The lowest BCUT2D eigenvalue weighted by atomic mass is 9.87. The molecule has 0 bridgehead atoms. The number of carbonyl (C=O) groups excluding carboxylic acids is 1. The number of benzene rings is 1. The molecule has 2 aromatic rings. The molecule has 1 aromatic heterocycles. The summed E-state index contributed by atoms with van der Waals surface area (Å²) in [7, 11) is 0. The topological polar surface area (TPSA) is 85.8 Å². The van der Waals surface area contributed by atoms with Crippen molar-refractivity contribution in [3.8, 4) is 6.07 Å². The van der Waals surface area contributed by atoms with Crippen LogP contribution in [0, 0.1) is 25.2 Å². The summed E-state index contributed by atoms with van der Waals surface area (Å²) in [6.07, 6.45) is 3.93. The molecule has 0 aliphatic heterocycles. The minimum absolute atomic E-state index is 0.00443. The molecular formula is C21H23N3O2. The Morgan fingerprint density at radius 2 is 2.12 bits per heavy atom. The summed E-state index contributed by atoms with van der Waals surface area (Å²) in [4.78, 5) is 27.0. The van der Waals surface area contributed by atoms with E-state index in [2.05, 4.69) is 22.4 Å². The van der Waals surface area contributed by atoms with Crippen LogP contribution in [0.1, 0.15) is 58.8 Å². The first-order chi connectivity index (χ1) is 12.5. The van der Waals surface area contributed by atoms with Gasteiger partial charge in [-0.25, -0.2) is 0 Å². The third-order valence-electron chi connectivity index (χ3n) is 5.23. The minimum Gasteiger partial charge on any atom is -0.349 e. The number of fused-ring (bicyclic) bond motifs is 1. The summed E-state index contributed by atoms with van der Waals surface area (Å²) in [6, 6.07) is 10.3. The average Bonchev–Trinajstić information content (AvgIpc) is 2.62. The Morgan fingerprint density at radius 1 is 1.35 bits per heavy atom. The van der Waals surface area contributed by atoms with Gasteiger partial charge in [-0.3, -0.25) is 9.59 Å². The van der Waals surface area contributed by atoms with Crippen LogP contribution in [0.25, 0.3) is 0 Å². The van der Waals surface area contributed by atoms with Gasteiger partial charge >= 0.3 is 0 Å². The van der Waals surface area contributed by atoms with E-state index < -0.39 is 0 Å². The summed E-state index contributed by atoms with van der Waals surface area (Å²) in [5.74, 6) is -0.00443. The molecule has 1 amide bonds. The van der Waals surface area contributed by atoms with Crippen molar-refractivity contribution < 1.29 is 4.79 Å². The number of aromatic amines is 1. The number of nitrogens with one attached hydrogen (secondary N) is 2. The van der Waals surface area contributed by atoms with Crippen molar-refractivity contribution in [3.05, 3.63) is 68.1 Å². The molecule has 26 heavy (non-hydrogen) atoms. The quantitative estimate of drug-likeness (QED) is 0.890. The third kappa shape index (κ3) is 3.55. The lowest BCUT2D eigenvalue weighted by Gasteiger charge is -2.26. The number of aryl methyl sites for hydroxylation is 2. The predicted octanol–water partition coefficient (Wildman–Crippen LogP) is 2.99. The van der Waals surface area contributed by atoms with Gasteiger partial charge < -0.3 is 10.3 Å². The monoisotopic (exact) mass is 349 g/mol. The highest BCUT2D eigenvalue weighted by Crippen LogP contribution is 2.29. The summed E-state index contributed by atoms with van der Waals surface area (Å²) in [5, 5.41) is 12.3. The Kier molecular flexibility index (Phi) is 5.22. The van der Waals surface area contributed by atoms with E-state index in [4.69, 9.17) is 5.26 Å². The zero-order valence-corrected chi connectivity index (χ0v) is 15.2. The zero-order valence-electron chi connectivity index (χ0n) is 15.2. The lowest BCUT2D eigenvalue weighted by molar-refractivity contribution is -0.121. The number of hydrogen-bond acceptors (Lipinski definition) is 3. The van der Waals surface area contributed by atoms with Crippen molar-refractivity contribution in [1.82, 2.24) is 10.3 Å². The maximum Gasteiger partial charge on any atom is 0.266 e. The molecule has 0 saturated heterocycles. The minimum atomic E-state index is -0.366. The van der Waals surface area contributed by atoms with Crippen molar-refractivity contribution >= 4 is 5.91 Å². The normalized spacial score (nSPS) is 15.8. The Labute approximate surface area is 153 Å². The molecular weight excluding hydrogens is 326 g/mol. The van der Waals surface area contributed by atoms with Crippen molar-refractivity contribution in [1.29, 1.82) is 5.26 Å². The molecule has 1 heterocycles. The highest BCUT2D eigenvalue weighted by atomic mass is 16.1. The van der Waals surface area contributed by atoms with Crippen LogP contribution >= 0.6 is 0 Å². The van der Waals surface area contributed by atoms with Crippen LogP contribution < -0.4 is 10.9 Å². The number of H-pyrrole nitrogens is 1. The molecule has 1 aliphatic carbocycles. The molecule has 134 valence electrons. The molecule has 0 spiro atoms. The SMILES string of the molecule is Cc1[nH]c(=O)c(C#N)c(C)c1CCC(=O)N[C@H]1CCCc2ccccc21. The molecule has 1 aromatic carbocycles. The van der Waals surface area contributed by atoms with Crippen molar-refractivity contribution in [3.63, 3.8) is 0 Å². The first-order valence-corrected chi connectivity index (χ1v) is 9.01. The number of nitrogens with zero attached hydrogens (tertiary/aromatic N) is 1. The van der Waals surface area contributed by atoms with Gasteiger partial charge in [0.25, 0.3) is 5.56 Å². The Bertz CT molecular complexity index is 937. The first-order valence-electron chi connectivity index (χ1n) is 9.01. The molecule has 5 nitrogen and oxygen atoms in total. The van der Waals surface area contributed by atoms with E-state index in [9.17, 15) is 9.59 Å². The Morgan fingerprint density at radius 3 is 2.88 bits per heavy atom. The van der Waals surface area contributed by atoms with E-state index in [-0.39, 0.29) is 23.1 Å². The summed E-state index contributed by atoms with van der Waals surface area (Å²) in [6.45, 7) is 3.57. The standard InChI is InChI=1S/C21H23N3O2/c1-13-16(14(2)23-21(26)18(13)12-22)10-11-20(25)24-19-9-5-7-15-6-3-4-8-17(15)19/h3-4,6,8,19H,5,7,9-11H2,1-2H3,(H,23,26)(H,24,25)/t19-/m0/s1. The fraction of sp³-hybridized carbons (Fsp3) is 0.381. The largest absolute Gasteiger partial charge is 0.349 e. The van der Waals surface area contributed by atoms with Gasteiger partial charge in [0.05, 0.1) is 6.04 Å². The molecule has 5 heteroatoms. The highest BCUT2D eigenvalue weighted by Gasteiger charge is 2.21. The second-order valence-electron chi connectivity index (χ2n) is 6.88. The van der Waals surface area contributed by atoms with Crippen LogP contribution in [-0.2, 0) is 17.6 Å². The number of carbonyl (C=O) groups is 1. The molecule has 0 saturated carbocycles. The lowest BCUT2D eigenvalue weighted by Crippen LogP contribution is -2.31. The number of aromatic nitrogens is 1. The Hall–Kier alpha value is -2.87. The van der Waals surface area contributed by atoms with E-state index in [0.29, 0.717) is 18.4 Å². The number of rotatable bonds is 4. The van der Waals surface area contributed by atoms with Crippen LogP contribution in [0.5, 0.6) is 0 Å². The summed E-state index contributed by atoms with van der Waals surface area (Å²) >= 11 is 0. The summed E-state index contributed by atoms with van der Waals surface area (Å²) < 4.78 is 0. The smallest absolute Gasteiger partial charge is 0.266 e. The maximum absolute atomic E-state index is 12.5. The molecule has 0 fully saturated rings. The predicted molar refractivity (Wildman–Crippen MR) is 99.8 cm³/mol. The molecule has 1 aliphatic rings. The van der Waals surface area contributed by atoms with Crippen LogP contribution in [0.2, 0.25) is 0 Å². The van der Waals surface area contributed by atoms with Gasteiger partial charge in [-0.05, 0) is 61.8 Å². The molecule has 1 atom stereocenters. The molecule has 0 radical (unpaired) electrons. The van der Waals surface area contributed by atoms with E-state index in [1.54, 1.807) is 13.8 Å². The number of nitriles is 1. The number of amides is 1. The first kappa shape index (κ1) is 17.9. The molecule has 3 rings (SSSR count). The van der Waals surface area contributed by atoms with E-state index in [1.165, 1.54) is 11.1 Å². The van der Waals surface area contributed by atoms with Crippen molar-refractivity contribution in [2.24, 2.45) is 0 Å². The van der Waals surface area contributed by atoms with E-state index in [0.717, 1.165) is 30.5 Å². The maximum atomic E-state index is 12.5. The summed E-state index contributed by atoms with van der Waals surface area (Å²) in [5.41, 5.74) is 4.57. The van der Waals surface area contributed by atoms with Gasteiger partial charge in [0.15, 0.2) is 0 Å². The average molecular weight is 349 g/mol. The second-order valence-corrected chi connectivity index (χ2v) is 6.88. The van der Waals surface area contributed by atoms with Crippen LogP contribution in [0.3, 0.4) is 0 Å². The van der Waals surface area contributed by atoms with Crippen LogP contribution in [0.4, 0.5) is 0 Å². The van der Waals surface area contributed by atoms with Gasteiger partial charge in [0.2, 0.25) is 5.91 Å². The van der Waals surface area contributed by atoms with E-state index >= 15 is 0 Å². The van der Waals surface area contributed by atoms with Crippen LogP contribution in [0.15, 0.2) is 29.1 Å². The fourth-order valence-electron chi connectivity index (χ4n) is 3.83. The van der Waals surface area contributed by atoms with Crippen molar-refractivity contribution in [2.75, 3.05) is 0 Å². The Balaban J connectivity index is 1.70. The third-order valence-corrected chi connectivity index (χ3v) is 5.23. The zero-order chi connectivity index (χ0) is 18.7. The van der Waals surface area contributed by atoms with Gasteiger partial charge in [0, 0.05) is 12.1 Å². The highest BCUT2D eigenvalue weighted by molar-refractivity contribution is 5.77. The van der Waals surface area contributed by atoms with Gasteiger partial charge in [-0.15, -0.1) is 0 Å². The van der Waals surface area contributed by atoms with E-state index in [1.807, 2.05) is 18.2 Å². The van der Waals surface area contributed by atoms with Gasteiger partial charge in [-0.1, -0.05) is 24.3 Å². The van der Waals surface area contributed by atoms with Crippen molar-refractivity contribution in [2.45, 2.75) is 52.0 Å². The second kappa shape index (κ2) is 7.57. The van der Waals surface area contributed by atoms with Gasteiger partial charge in [-0.2, -0.15) is 5.26 Å². The molecule has 0 unspecified atom stereocenters. The number of pyridine rings is 1. The van der Waals surface area contributed by atoms with Crippen LogP contribution in [-0.4, -0.2) is 10.9 Å². The fourth-order valence-corrected chi connectivity index (χ4v) is 3.83.